The molecule has 1 aliphatic heterocycles. The van der Waals surface area contributed by atoms with Gasteiger partial charge in [0.2, 0.25) is 0 Å². The van der Waals surface area contributed by atoms with E-state index in [0.717, 1.165) is 0 Å². The van der Waals surface area contributed by atoms with E-state index in [1.807, 2.05) is 13.8 Å². The van der Waals surface area contributed by atoms with Crippen molar-refractivity contribution in [2.75, 3.05) is 12.4 Å². The first kappa shape index (κ1) is 9.86. The molecule has 0 aliphatic carbocycles. The van der Waals surface area contributed by atoms with Crippen molar-refractivity contribution in [1.29, 1.82) is 0 Å². The molecule has 0 amide bonds. The van der Waals surface area contributed by atoms with Gasteiger partial charge in [-0.3, -0.25) is 0 Å². The minimum Gasteiger partial charge on any atom is -0.479 e. The molecule has 70 valence electrons. The molecule has 2 unspecified atom stereocenters. The van der Waals surface area contributed by atoms with E-state index in [0.29, 0.717) is 24.0 Å². The maximum Gasteiger partial charge on any atom is 0.336 e. The summed E-state index contributed by atoms with van der Waals surface area (Å²) in [4.78, 5) is 10.9. The minimum absolute atomic E-state index is 0.396. The van der Waals surface area contributed by atoms with Crippen molar-refractivity contribution in [2.45, 2.75) is 31.1 Å². The third-order valence-corrected chi connectivity index (χ3v) is 3.40. The van der Waals surface area contributed by atoms with E-state index in [-0.39, 0.29) is 0 Å². The Balaban J connectivity index is 2.67. The Labute approximate surface area is 76.5 Å². The summed E-state index contributed by atoms with van der Waals surface area (Å²) >= 11 is 1.67. The van der Waals surface area contributed by atoms with Crippen LogP contribution in [-0.2, 0) is 9.53 Å². The Morgan fingerprint density at radius 2 is 2.50 bits per heavy atom. The van der Waals surface area contributed by atoms with Gasteiger partial charge in [-0.15, -0.1) is 0 Å². The second-order valence-electron chi connectivity index (χ2n) is 3.06. The van der Waals surface area contributed by atoms with Crippen LogP contribution < -0.4 is 0 Å². The fraction of sp³-hybridized carbons (Fsp3) is 0.875. The Hall–Kier alpha value is -0.220. The van der Waals surface area contributed by atoms with Crippen LogP contribution in [0.15, 0.2) is 0 Å². The van der Waals surface area contributed by atoms with Crippen molar-refractivity contribution in [3.05, 3.63) is 0 Å². The van der Waals surface area contributed by atoms with E-state index in [1.54, 1.807) is 11.8 Å². The van der Waals surface area contributed by atoms with Crippen LogP contribution in [0.4, 0.5) is 0 Å². The molecule has 1 rings (SSSR count). The van der Waals surface area contributed by atoms with E-state index in [4.69, 9.17) is 9.84 Å². The van der Waals surface area contributed by atoms with Crippen molar-refractivity contribution in [2.24, 2.45) is 0 Å². The highest BCUT2D eigenvalue weighted by atomic mass is 32.2. The van der Waals surface area contributed by atoms with E-state index in [2.05, 4.69) is 0 Å². The molecule has 0 aromatic rings. The number of hydrogen-bond acceptors (Lipinski definition) is 3. The summed E-state index contributed by atoms with van der Waals surface area (Å²) < 4.78 is 5.30. The fourth-order valence-electron chi connectivity index (χ4n) is 1.45. The lowest BCUT2D eigenvalue weighted by Gasteiger charge is -2.22. The molecular formula is C8H14O3S. The van der Waals surface area contributed by atoms with Crippen LogP contribution in [0.3, 0.4) is 0 Å². The monoisotopic (exact) mass is 190 g/mol. The summed E-state index contributed by atoms with van der Waals surface area (Å²) in [5.41, 5.74) is -0.904. The zero-order valence-corrected chi connectivity index (χ0v) is 8.19. The molecule has 1 saturated heterocycles. The number of rotatable bonds is 3. The van der Waals surface area contributed by atoms with Gasteiger partial charge >= 0.3 is 5.97 Å². The van der Waals surface area contributed by atoms with E-state index in [9.17, 15) is 4.79 Å². The van der Waals surface area contributed by atoms with Gasteiger partial charge in [-0.25, -0.2) is 4.79 Å². The van der Waals surface area contributed by atoms with Crippen LogP contribution in [0.1, 0.15) is 20.3 Å². The first-order valence-corrected chi connectivity index (χ1v) is 5.14. The quantitative estimate of drug-likeness (QED) is 0.730. The van der Waals surface area contributed by atoms with Crippen molar-refractivity contribution < 1.29 is 14.6 Å². The second kappa shape index (κ2) is 3.66. The second-order valence-corrected chi connectivity index (χ2v) is 4.48. The molecule has 4 heteroatoms. The smallest absolute Gasteiger partial charge is 0.336 e. The van der Waals surface area contributed by atoms with Crippen LogP contribution in [0.2, 0.25) is 0 Å². The fourth-order valence-corrected chi connectivity index (χ4v) is 2.71. The summed E-state index contributed by atoms with van der Waals surface area (Å²) in [6.45, 7) is 4.34. The maximum atomic E-state index is 10.9. The number of carboxylic acid groups (broad SMARTS) is 1. The first-order chi connectivity index (χ1) is 5.60. The van der Waals surface area contributed by atoms with Gasteiger partial charge in [0, 0.05) is 17.6 Å². The number of hydrogen-bond donors (Lipinski definition) is 1. The normalized spacial score (nSPS) is 35.3. The highest BCUT2D eigenvalue weighted by molar-refractivity contribution is 8.00. The molecule has 1 N–H and O–H groups in total. The van der Waals surface area contributed by atoms with Gasteiger partial charge in [0.1, 0.15) is 0 Å². The molecule has 0 aromatic carbocycles. The Bertz CT molecular complexity index is 179. The molecule has 1 heterocycles. The SMILES string of the molecule is CCOC1(C(=O)O)CSC(C)C1. The lowest BCUT2D eigenvalue weighted by molar-refractivity contribution is -0.162. The predicted molar refractivity (Wildman–Crippen MR) is 48.5 cm³/mol. The van der Waals surface area contributed by atoms with Gasteiger partial charge < -0.3 is 9.84 Å². The van der Waals surface area contributed by atoms with Gasteiger partial charge in [0.05, 0.1) is 0 Å². The Morgan fingerprint density at radius 3 is 2.83 bits per heavy atom. The van der Waals surface area contributed by atoms with E-state index in [1.165, 1.54) is 0 Å². The molecule has 3 nitrogen and oxygen atoms in total. The molecule has 1 aliphatic rings. The summed E-state index contributed by atoms with van der Waals surface area (Å²) in [7, 11) is 0. The van der Waals surface area contributed by atoms with Crippen LogP contribution in [0, 0.1) is 0 Å². The van der Waals surface area contributed by atoms with Gasteiger partial charge in [0.15, 0.2) is 5.60 Å². The largest absolute Gasteiger partial charge is 0.479 e. The number of thioether (sulfide) groups is 1. The minimum atomic E-state index is -0.904. The third kappa shape index (κ3) is 1.75. The lowest BCUT2D eigenvalue weighted by Crippen LogP contribution is -2.42. The maximum absolute atomic E-state index is 10.9. The van der Waals surface area contributed by atoms with Gasteiger partial charge in [-0.2, -0.15) is 11.8 Å². The van der Waals surface area contributed by atoms with Crippen LogP contribution >= 0.6 is 11.8 Å². The number of aliphatic carboxylic acids is 1. The Morgan fingerprint density at radius 1 is 1.83 bits per heavy atom. The zero-order valence-electron chi connectivity index (χ0n) is 7.37. The van der Waals surface area contributed by atoms with Gasteiger partial charge in [-0.05, 0) is 13.3 Å². The standard InChI is InChI=1S/C8H14O3S/c1-3-11-8(7(9)10)4-6(2)12-5-8/h6H,3-5H2,1-2H3,(H,9,10). The first-order valence-electron chi connectivity index (χ1n) is 4.09. The number of carbonyl (C=O) groups is 1. The number of carboxylic acids is 1. The Kier molecular flexibility index (Phi) is 3.01. The molecular weight excluding hydrogens is 176 g/mol. The summed E-state index contributed by atoms with van der Waals surface area (Å²) in [6, 6.07) is 0. The molecule has 0 aromatic heterocycles. The molecule has 0 radical (unpaired) electrons. The molecule has 1 fully saturated rings. The average molecular weight is 190 g/mol. The van der Waals surface area contributed by atoms with E-state index < -0.39 is 11.6 Å². The van der Waals surface area contributed by atoms with Crippen LogP contribution in [0.25, 0.3) is 0 Å². The molecule has 2 atom stereocenters. The highest BCUT2D eigenvalue weighted by Gasteiger charge is 2.45. The van der Waals surface area contributed by atoms with Crippen molar-refractivity contribution >= 4 is 17.7 Å². The third-order valence-electron chi connectivity index (χ3n) is 2.03. The molecule has 12 heavy (non-hydrogen) atoms. The topological polar surface area (TPSA) is 46.5 Å². The predicted octanol–water partition coefficient (Wildman–Crippen LogP) is 1.37. The van der Waals surface area contributed by atoms with Crippen molar-refractivity contribution in [1.82, 2.24) is 0 Å². The highest BCUT2D eigenvalue weighted by Crippen LogP contribution is 2.37. The van der Waals surface area contributed by atoms with Crippen LogP contribution in [-0.4, -0.2) is 34.3 Å². The molecule has 0 saturated carbocycles. The van der Waals surface area contributed by atoms with Crippen molar-refractivity contribution in [3.63, 3.8) is 0 Å². The zero-order chi connectivity index (χ0) is 9.19. The summed E-state index contributed by atoms with van der Waals surface area (Å²) in [6.07, 6.45) is 0.626. The van der Waals surface area contributed by atoms with E-state index >= 15 is 0 Å². The van der Waals surface area contributed by atoms with Crippen molar-refractivity contribution in [3.8, 4) is 0 Å². The average Bonchev–Trinajstić information content (AvgIpc) is 2.34. The lowest BCUT2D eigenvalue weighted by atomic mass is 10.0. The molecule has 0 spiro atoms. The van der Waals surface area contributed by atoms with Crippen LogP contribution in [0.5, 0.6) is 0 Å². The number of ether oxygens (including phenoxy) is 1. The van der Waals surface area contributed by atoms with Gasteiger partial charge in [0.25, 0.3) is 0 Å². The molecule has 0 bridgehead atoms. The van der Waals surface area contributed by atoms with Gasteiger partial charge in [-0.1, -0.05) is 6.92 Å². The summed E-state index contributed by atoms with van der Waals surface area (Å²) in [5.74, 6) is -0.238. The summed E-state index contributed by atoms with van der Waals surface area (Å²) in [5, 5.41) is 9.37.